The summed E-state index contributed by atoms with van der Waals surface area (Å²) >= 11 is 0. The van der Waals surface area contributed by atoms with E-state index in [-0.39, 0.29) is 0 Å². The summed E-state index contributed by atoms with van der Waals surface area (Å²) < 4.78 is 0. The van der Waals surface area contributed by atoms with Crippen LogP contribution in [0, 0.1) is 5.92 Å². The van der Waals surface area contributed by atoms with E-state index in [1.807, 2.05) is 0 Å². The number of hydrogen-bond acceptors (Lipinski definition) is 2. The molecule has 2 nitrogen and oxygen atoms in total. The Balaban J connectivity index is 1.93. The summed E-state index contributed by atoms with van der Waals surface area (Å²) in [6.07, 6.45) is 4.07. The fraction of sp³-hybridized carbons (Fsp3) is 0.600. The quantitative estimate of drug-likeness (QED) is 0.865. The van der Waals surface area contributed by atoms with Gasteiger partial charge in [-0.1, -0.05) is 37.6 Å². The van der Waals surface area contributed by atoms with Gasteiger partial charge in [0.05, 0.1) is 0 Å². The van der Waals surface area contributed by atoms with E-state index in [1.165, 1.54) is 43.5 Å². The number of benzene rings is 1. The number of nitrogens with two attached hydrogens (primary N) is 1. The Kier molecular flexibility index (Phi) is 4.57. The first-order valence-corrected chi connectivity index (χ1v) is 6.82. The predicted octanol–water partition coefficient (Wildman–Crippen LogP) is 2.77. The Bertz CT molecular complexity index is 341. The van der Waals surface area contributed by atoms with Gasteiger partial charge in [0.25, 0.3) is 0 Å². The molecule has 0 saturated carbocycles. The van der Waals surface area contributed by atoms with E-state index in [9.17, 15) is 0 Å². The third-order valence-electron chi connectivity index (χ3n) is 4.02. The lowest BCUT2D eigenvalue weighted by atomic mass is 9.94. The highest BCUT2D eigenvalue weighted by Crippen LogP contribution is 2.22. The molecule has 1 saturated heterocycles. The summed E-state index contributed by atoms with van der Waals surface area (Å²) in [7, 11) is 0. The van der Waals surface area contributed by atoms with Crippen molar-refractivity contribution in [3.05, 3.63) is 35.4 Å². The molecule has 0 amide bonds. The zero-order valence-electron chi connectivity index (χ0n) is 10.9. The molecule has 1 aromatic carbocycles. The highest BCUT2D eigenvalue weighted by molar-refractivity contribution is 5.26. The maximum atomic E-state index is 5.78. The monoisotopic (exact) mass is 232 g/mol. The second kappa shape index (κ2) is 6.18. The van der Waals surface area contributed by atoms with E-state index in [0.29, 0.717) is 6.54 Å². The van der Waals surface area contributed by atoms with Crippen molar-refractivity contribution in [2.45, 2.75) is 39.3 Å². The third-order valence-corrected chi connectivity index (χ3v) is 4.02. The normalized spacial score (nSPS) is 18.5. The summed E-state index contributed by atoms with van der Waals surface area (Å²) in [5.74, 6) is 0.955. The fourth-order valence-electron chi connectivity index (χ4n) is 2.70. The molecular formula is C15H24N2. The Morgan fingerprint density at radius 3 is 2.41 bits per heavy atom. The van der Waals surface area contributed by atoms with Gasteiger partial charge in [-0.25, -0.2) is 0 Å². The summed E-state index contributed by atoms with van der Waals surface area (Å²) in [6, 6.07) is 8.56. The van der Waals surface area contributed by atoms with Crippen LogP contribution in [0.25, 0.3) is 0 Å². The van der Waals surface area contributed by atoms with Crippen molar-refractivity contribution in [1.29, 1.82) is 0 Å². The third kappa shape index (κ3) is 3.30. The zero-order chi connectivity index (χ0) is 12.1. The largest absolute Gasteiger partial charge is 0.326 e. The van der Waals surface area contributed by atoms with Gasteiger partial charge in [0, 0.05) is 13.1 Å². The molecule has 0 spiro atoms. The van der Waals surface area contributed by atoms with Crippen molar-refractivity contribution in [2.24, 2.45) is 11.7 Å². The van der Waals surface area contributed by atoms with Gasteiger partial charge < -0.3 is 5.73 Å². The van der Waals surface area contributed by atoms with Gasteiger partial charge in [0.1, 0.15) is 0 Å². The van der Waals surface area contributed by atoms with Crippen LogP contribution in [-0.2, 0) is 13.1 Å². The highest BCUT2D eigenvalue weighted by atomic mass is 15.1. The van der Waals surface area contributed by atoms with E-state index in [4.69, 9.17) is 5.73 Å². The zero-order valence-corrected chi connectivity index (χ0v) is 10.9. The maximum absolute atomic E-state index is 5.78. The molecule has 0 radical (unpaired) electrons. The van der Waals surface area contributed by atoms with Crippen LogP contribution in [0.1, 0.15) is 37.3 Å². The molecule has 0 aromatic heterocycles. The van der Waals surface area contributed by atoms with Crippen LogP contribution >= 0.6 is 0 Å². The van der Waals surface area contributed by atoms with Crippen LogP contribution in [0.3, 0.4) is 0 Å². The number of piperidine rings is 1. The van der Waals surface area contributed by atoms with Crippen molar-refractivity contribution in [2.75, 3.05) is 13.1 Å². The Morgan fingerprint density at radius 1 is 1.18 bits per heavy atom. The molecule has 0 atom stereocenters. The molecule has 1 heterocycles. The molecular weight excluding hydrogens is 208 g/mol. The van der Waals surface area contributed by atoms with E-state index < -0.39 is 0 Å². The average molecular weight is 232 g/mol. The predicted molar refractivity (Wildman–Crippen MR) is 72.6 cm³/mol. The molecule has 1 fully saturated rings. The summed E-state index contributed by atoms with van der Waals surface area (Å²) in [4.78, 5) is 2.57. The van der Waals surface area contributed by atoms with Crippen molar-refractivity contribution in [1.82, 2.24) is 4.90 Å². The maximum Gasteiger partial charge on any atom is 0.0236 e. The van der Waals surface area contributed by atoms with Crippen LogP contribution in [-0.4, -0.2) is 18.0 Å². The van der Waals surface area contributed by atoms with Crippen LogP contribution in [0.15, 0.2) is 24.3 Å². The molecule has 1 aliphatic rings. The molecule has 2 rings (SSSR count). The van der Waals surface area contributed by atoms with Crippen LogP contribution in [0.5, 0.6) is 0 Å². The Hall–Kier alpha value is -0.860. The molecule has 94 valence electrons. The number of hydrogen-bond donors (Lipinski definition) is 1. The molecule has 1 aromatic rings. The molecule has 2 heteroatoms. The van der Waals surface area contributed by atoms with Crippen molar-refractivity contribution >= 4 is 0 Å². The molecule has 1 aliphatic heterocycles. The van der Waals surface area contributed by atoms with Crippen LogP contribution in [0.4, 0.5) is 0 Å². The minimum absolute atomic E-state index is 0.654. The summed E-state index contributed by atoms with van der Waals surface area (Å²) in [5, 5.41) is 0. The minimum atomic E-state index is 0.654. The molecule has 2 N–H and O–H groups in total. The van der Waals surface area contributed by atoms with E-state index in [1.54, 1.807) is 0 Å². The van der Waals surface area contributed by atoms with Gasteiger partial charge in [0.2, 0.25) is 0 Å². The number of nitrogens with zero attached hydrogens (tertiary/aromatic N) is 1. The first kappa shape index (κ1) is 12.6. The van der Waals surface area contributed by atoms with E-state index in [0.717, 1.165) is 12.5 Å². The molecule has 0 bridgehead atoms. The van der Waals surface area contributed by atoms with Crippen LogP contribution in [0.2, 0.25) is 0 Å². The van der Waals surface area contributed by atoms with Gasteiger partial charge in [-0.05, 0) is 43.0 Å². The van der Waals surface area contributed by atoms with Gasteiger partial charge in [0.15, 0.2) is 0 Å². The van der Waals surface area contributed by atoms with Gasteiger partial charge in [-0.15, -0.1) is 0 Å². The SMILES string of the molecule is CCC1CCN(Cc2ccccc2CN)CC1. The summed E-state index contributed by atoms with van der Waals surface area (Å²) in [6.45, 7) is 6.53. The van der Waals surface area contributed by atoms with E-state index in [2.05, 4.69) is 36.1 Å². The Morgan fingerprint density at radius 2 is 1.82 bits per heavy atom. The molecule has 17 heavy (non-hydrogen) atoms. The lowest BCUT2D eigenvalue weighted by Crippen LogP contribution is -2.33. The molecule has 0 aliphatic carbocycles. The second-order valence-corrected chi connectivity index (χ2v) is 5.10. The van der Waals surface area contributed by atoms with Gasteiger partial charge in [-0.3, -0.25) is 4.90 Å². The first-order chi connectivity index (χ1) is 8.33. The second-order valence-electron chi connectivity index (χ2n) is 5.10. The van der Waals surface area contributed by atoms with Crippen molar-refractivity contribution in [3.8, 4) is 0 Å². The minimum Gasteiger partial charge on any atom is -0.326 e. The number of rotatable bonds is 4. The van der Waals surface area contributed by atoms with Gasteiger partial charge in [-0.2, -0.15) is 0 Å². The Labute approximate surface area is 105 Å². The lowest BCUT2D eigenvalue weighted by molar-refractivity contribution is 0.174. The highest BCUT2D eigenvalue weighted by Gasteiger charge is 2.18. The van der Waals surface area contributed by atoms with E-state index >= 15 is 0 Å². The standard InChI is InChI=1S/C15H24N2/c1-2-13-7-9-17(10-8-13)12-15-6-4-3-5-14(15)11-16/h3-6,13H,2,7-12,16H2,1H3. The first-order valence-electron chi connectivity index (χ1n) is 6.82. The topological polar surface area (TPSA) is 29.3 Å². The van der Waals surface area contributed by atoms with Crippen LogP contribution < -0.4 is 5.73 Å². The smallest absolute Gasteiger partial charge is 0.0236 e. The average Bonchev–Trinajstić information content (AvgIpc) is 2.40. The van der Waals surface area contributed by atoms with Crippen molar-refractivity contribution < 1.29 is 0 Å². The summed E-state index contributed by atoms with van der Waals surface area (Å²) in [5.41, 5.74) is 8.48. The lowest BCUT2D eigenvalue weighted by Gasteiger charge is -2.31. The number of likely N-dealkylation sites (tertiary alicyclic amines) is 1. The fourth-order valence-corrected chi connectivity index (χ4v) is 2.70. The molecule has 0 unspecified atom stereocenters. The van der Waals surface area contributed by atoms with Crippen molar-refractivity contribution in [3.63, 3.8) is 0 Å². The van der Waals surface area contributed by atoms with Gasteiger partial charge >= 0.3 is 0 Å².